The lowest BCUT2D eigenvalue weighted by molar-refractivity contribution is -0.133. The molecule has 1 fully saturated rings. The van der Waals surface area contributed by atoms with E-state index in [9.17, 15) is 4.79 Å². The molecular weight excluding hydrogens is 280 g/mol. The zero-order valence-corrected chi connectivity index (χ0v) is 13.1. The Balaban J connectivity index is 0.00000180. The van der Waals surface area contributed by atoms with Crippen LogP contribution in [-0.4, -0.2) is 36.5 Å². The van der Waals surface area contributed by atoms with E-state index >= 15 is 0 Å². The fourth-order valence-electron chi connectivity index (χ4n) is 2.54. The third kappa shape index (κ3) is 4.79. The van der Waals surface area contributed by atoms with Crippen molar-refractivity contribution in [2.45, 2.75) is 38.6 Å². The van der Waals surface area contributed by atoms with Crippen LogP contribution in [0.15, 0.2) is 16.8 Å². The van der Waals surface area contributed by atoms with Gasteiger partial charge in [0.05, 0.1) is 6.42 Å². The summed E-state index contributed by atoms with van der Waals surface area (Å²) in [5.41, 5.74) is 1.15. The van der Waals surface area contributed by atoms with Crippen LogP contribution in [0.25, 0.3) is 0 Å². The molecule has 1 aliphatic rings. The lowest BCUT2D eigenvalue weighted by atomic mass is 10.0. The number of amides is 1. The Labute approximate surface area is 125 Å². The maximum Gasteiger partial charge on any atom is 0.227 e. The van der Waals surface area contributed by atoms with Crippen molar-refractivity contribution in [1.29, 1.82) is 0 Å². The molecule has 1 saturated heterocycles. The monoisotopic (exact) mass is 302 g/mol. The van der Waals surface area contributed by atoms with Crippen LogP contribution in [0.3, 0.4) is 0 Å². The Hall–Kier alpha value is -0.580. The van der Waals surface area contributed by atoms with Gasteiger partial charge in [0.2, 0.25) is 5.91 Å². The van der Waals surface area contributed by atoms with Gasteiger partial charge in [0.1, 0.15) is 0 Å². The largest absolute Gasteiger partial charge is 0.339 e. The van der Waals surface area contributed by atoms with Gasteiger partial charge in [0, 0.05) is 12.6 Å². The van der Waals surface area contributed by atoms with Crippen LogP contribution in [-0.2, 0) is 11.2 Å². The number of nitrogens with one attached hydrogen (secondary N) is 1. The molecule has 0 aliphatic carbocycles. The summed E-state index contributed by atoms with van der Waals surface area (Å²) in [5, 5.41) is 7.47. The maximum absolute atomic E-state index is 12.4. The van der Waals surface area contributed by atoms with Crippen LogP contribution in [0.1, 0.15) is 31.7 Å². The molecule has 0 spiro atoms. The zero-order valence-electron chi connectivity index (χ0n) is 11.4. The fraction of sp³-hybridized carbons (Fsp3) is 0.643. The highest BCUT2D eigenvalue weighted by Gasteiger charge is 2.24. The second-order valence-electron chi connectivity index (χ2n) is 4.88. The number of halogens is 1. The third-order valence-electron chi connectivity index (χ3n) is 3.47. The van der Waals surface area contributed by atoms with E-state index in [2.05, 4.69) is 28.6 Å². The van der Waals surface area contributed by atoms with E-state index in [1.807, 2.05) is 5.38 Å². The SMILES string of the molecule is CCCN(C(=O)Cc1ccsc1)C1CCNCC1.Cl. The van der Waals surface area contributed by atoms with Gasteiger partial charge in [-0.3, -0.25) is 4.79 Å². The van der Waals surface area contributed by atoms with Crippen LogP contribution in [0.5, 0.6) is 0 Å². The Bertz CT molecular complexity index is 364. The fourth-order valence-corrected chi connectivity index (χ4v) is 3.21. The third-order valence-corrected chi connectivity index (χ3v) is 4.20. The van der Waals surface area contributed by atoms with Gasteiger partial charge in [-0.1, -0.05) is 6.92 Å². The number of hydrogen-bond acceptors (Lipinski definition) is 3. The van der Waals surface area contributed by atoms with Gasteiger partial charge in [-0.25, -0.2) is 0 Å². The molecular formula is C14H23ClN2OS. The maximum atomic E-state index is 12.4. The topological polar surface area (TPSA) is 32.3 Å². The lowest BCUT2D eigenvalue weighted by Crippen LogP contribution is -2.47. The standard InChI is InChI=1S/C14H22N2OS.ClH/c1-2-8-16(13-3-6-15-7-4-13)14(17)10-12-5-9-18-11-12;/h5,9,11,13,15H,2-4,6-8,10H2,1H3;1H. The van der Waals surface area contributed by atoms with Crippen molar-refractivity contribution in [1.82, 2.24) is 10.2 Å². The van der Waals surface area contributed by atoms with E-state index < -0.39 is 0 Å². The molecule has 0 aromatic carbocycles. The van der Waals surface area contributed by atoms with Gasteiger partial charge in [-0.05, 0) is 54.7 Å². The number of carbonyl (C=O) groups excluding carboxylic acids is 1. The van der Waals surface area contributed by atoms with Gasteiger partial charge < -0.3 is 10.2 Å². The van der Waals surface area contributed by atoms with Crippen molar-refractivity contribution in [3.8, 4) is 0 Å². The van der Waals surface area contributed by atoms with E-state index in [4.69, 9.17) is 0 Å². The molecule has 3 nitrogen and oxygen atoms in total. The highest BCUT2D eigenvalue weighted by atomic mass is 35.5. The van der Waals surface area contributed by atoms with E-state index in [0.717, 1.165) is 44.5 Å². The van der Waals surface area contributed by atoms with Crippen molar-refractivity contribution in [3.63, 3.8) is 0 Å². The van der Waals surface area contributed by atoms with Crippen molar-refractivity contribution in [2.75, 3.05) is 19.6 Å². The molecule has 0 radical (unpaired) electrons. The van der Waals surface area contributed by atoms with E-state index in [1.54, 1.807) is 11.3 Å². The number of rotatable bonds is 5. The number of piperidine rings is 1. The van der Waals surface area contributed by atoms with E-state index in [-0.39, 0.29) is 12.4 Å². The van der Waals surface area contributed by atoms with E-state index in [0.29, 0.717) is 18.4 Å². The molecule has 0 unspecified atom stereocenters. The van der Waals surface area contributed by atoms with Gasteiger partial charge >= 0.3 is 0 Å². The Morgan fingerprint density at radius 3 is 2.79 bits per heavy atom. The minimum atomic E-state index is 0. The molecule has 0 saturated carbocycles. The molecule has 1 aliphatic heterocycles. The minimum Gasteiger partial charge on any atom is -0.339 e. The summed E-state index contributed by atoms with van der Waals surface area (Å²) < 4.78 is 0. The van der Waals surface area contributed by atoms with Crippen LogP contribution < -0.4 is 5.32 Å². The smallest absolute Gasteiger partial charge is 0.227 e. The summed E-state index contributed by atoms with van der Waals surface area (Å²) in [6, 6.07) is 2.49. The predicted molar refractivity (Wildman–Crippen MR) is 83.2 cm³/mol. The predicted octanol–water partition coefficient (Wildman–Crippen LogP) is 2.70. The van der Waals surface area contributed by atoms with Crippen molar-refractivity contribution < 1.29 is 4.79 Å². The average molecular weight is 303 g/mol. The van der Waals surface area contributed by atoms with Gasteiger partial charge in [-0.15, -0.1) is 12.4 Å². The summed E-state index contributed by atoms with van der Waals surface area (Å²) in [5.74, 6) is 0.294. The Kier molecular flexibility index (Phi) is 7.42. The molecule has 108 valence electrons. The lowest BCUT2D eigenvalue weighted by Gasteiger charge is -2.34. The highest BCUT2D eigenvalue weighted by molar-refractivity contribution is 7.07. The minimum absolute atomic E-state index is 0. The normalized spacial score (nSPS) is 15.8. The van der Waals surface area contributed by atoms with Crippen molar-refractivity contribution in [3.05, 3.63) is 22.4 Å². The van der Waals surface area contributed by atoms with Crippen LogP contribution >= 0.6 is 23.7 Å². The summed E-state index contributed by atoms with van der Waals surface area (Å²) in [7, 11) is 0. The number of thiophene rings is 1. The molecule has 1 N–H and O–H groups in total. The second kappa shape index (κ2) is 8.56. The highest BCUT2D eigenvalue weighted by Crippen LogP contribution is 2.15. The first kappa shape index (κ1) is 16.5. The summed E-state index contributed by atoms with van der Waals surface area (Å²) >= 11 is 1.66. The first-order chi connectivity index (χ1) is 8.81. The number of hydrogen-bond donors (Lipinski definition) is 1. The average Bonchev–Trinajstić information content (AvgIpc) is 2.89. The summed E-state index contributed by atoms with van der Waals surface area (Å²) in [6.45, 7) is 5.12. The summed E-state index contributed by atoms with van der Waals surface area (Å²) in [4.78, 5) is 14.5. The molecule has 0 atom stereocenters. The quantitative estimate of drug-likeness (QED) is 0.907. The van der Waals surface area contributed by atoms with Gasteiger partial charge in [0.25, 0.3) is 0 Å². The Morgan fingerprint density at radius 1 is 1.47 bits per heavy atom. The second-order valence-corrected chi connectivity index (χ2v) is 5.66. The van der Waals surface area contributed by atoms with Crippen LogP contribution in [0.2, 0.25) is 0 Å². The molecule has 0 bridgehead atoms. The molecule has 2 rings (SSSR count). The van der Waals surface area contributed by atoms with E-state index in [1.165, 1.54) is 0 Å². The molecule has 2 heterocycles. The summed E-state index contributed by atoms with van der Waals surface area (Å²) in [6.07, 6.45) is 3.79. The van der Waals surface area contributed by atoms with Crippen molar-refractivity contribution >= 4 is 29.7 Å². The molecule has 19 heavy (non-hydrogen) atoms. The first-order valence-electron chi connectivity index (χ1n) is 6.82. The Morgan fingerprint density at radius 2 is 2.21 bits per heavy atom. The molecule has 1 aromatic heterocycles. The van der Waals surface area contributed by atoms with Crippen molar-refractivity contribution in [2.24, 2.45) is 0 Å². The van der Waals surface area contributed by atoms with Gasteiger partial charge in [0.15, 0.2) is 0 Å². The first-order valence-corrected chi connectivity index (χ1v) is 7.76. The molecule has 1 amide bonds. The number of carbonyl (C=O) groups is 1. The van der Waals surface area contributed by atoms with Crippen LogP contribution in [0, 0.1) is 0 Å². The van der Waals surface area contributed by atoms with Gasteiger partial charge in [-0.2, -0.15) is 11.3 Å². The molecule has 1 aromatic rings. The number of nitrogens with zero attached hydrogens (tertiary/aromatic N) is 1. The zero-order chi connectivity index (χ0) is 12.8. The van der Waals surface area contributed by atoms with Crippen LogP contribution in [0.4, 0.5) is 0 Å². The molecule has 5 heteroatoms.